The van der Waals surface area contributed by atoms with E-state index < -0.39 is 72.2 Å². The Morgan fingerprint density at radius 1 is 1.06 bits per heavy atom. The highest BCUT2D eigenvalue weighted by molar-refractivity contribution is 6.32. The molecule has 1 aromatic heterocycles. The van der Waals surface area contributed by atoms with Gasteiger partial charge >= 0.3 is 17.6 Å². The van der Waals surface area contributed by atoms with Gasteiger partial charge in [0.2, 0.25) is 5.75 Å². The van der Waals surface area contributed by atoms with Crippen LogP contribution in [0.1, 0.15) is 5.69 Å². The number of nitrogens with two attached hydrogens (primary N) is 1. The number of nitrogens with zero attached hydrogens (tertiary/aromatic N) is 3. The number of nitrogen functional groups attached to an aromatic ring is 1. The Hall–Kier alpha value is -3.94. The molecule has 0 aliphatic rings. The van der Waals surface area contributed by atoms with Crippen LogP contribution in [0.15, 0.2) is 46.0 Å². The van der Waals surface area contributed by atoms with Crippen molar-refractivity contribution < 1.29 is 31.6 Å². The molecule has 0 amide bonds. The van der Waals surface area contributed by atoms with E-state index in [0.717, 1.165) is 12.1 Å². The molecule has 0 unspecified atom stereocenters. The van der Waals surface area contributed by atoms with Crippen LogP contribution >= 0.6 is 11.6 Å². The van der Waals surface area contributed by atoms with Gasteiger partial charge in [-0.1, -0.05) is 11.6 Å². The molecule has 2 aromatic carbocycles. The Bertz CT molecular complexity index is 1370. The van der Waals surface area contributed by atoms with Crippen molar-refractivity contribution in [2.45, 2.75) is 6.18 Å². The first-order chi connectivity index (χ1) is 14.8. The molecule has 0 aliphatic heterocycles. The number of ether oxygens (including phenoxy) is 1. The van der Waals surface area contributed by atoms with Crippen molar-refractivity contribution >= 4 is 17.3 Å². The summed E-state index contributed by atoms with van der Waals surface area (Å²) in [5, 5.41) is 10.6. The van der Waals surface area contributed by atoms with Crippen LogP contribution in [0.3, 0.4) is 0 Å². The Labute approximate surface area is 177 Å². The Morgan fingerprint density at radius 3 is 2.31 bits per heavy atom. The summed E-state index contributed by atoms with van der Waals surface area (Å²) in [6, 6.07) is 3.27. The number of hydrogen-bond acceptors (Lipinski definition) is 6. The molecule has 168 valence electrons. The molecule has 0 aliphatic carbocycles. The van der Waals surface area contributed by atoms with Gasteiger partial charge in [-0.2, -0.15) is 13.2 Å². The fourth-order valence-electron chi connectivity index (χ4n) is 2.60. The minimum Gasteiger partial charge on any atom is -0.448 e. The van der Waals surface area contributed by atoms with Crippen LogP contribution in [0.2, 0.25) is 5.02 Å². The molecule has 0 saturated carbocycles. The summed E-state index contributed by atoms with van der Waals surface area (Å²) >= 11 is 5.83. The zero-order valence-corrected chi connectivity index (χ0v) is 15.9. The Kier molecular flexibility index (Phi) is 5.65. The maximum absolute atomic E-state index is 14.5. The highest BCUT2D eigenvalue weighted by atomic mass is 35.5. The van der Waals surface area contributed by atoms with Crippen LogP contribution in [-0.2, 0) is 6.18 Å². The van der Waals surface area contributed by atoms with E-state index in [-0.39, 0.29) is 10.6 Å². The first-order valence-corrected chi connectivity index (χ1v) is 8.51. The highest BCUT2D eigenvalue weighted by Crippen LogP contribution is 2.37. The molecule has 0 spiro atoms. The zero-order chi connectivity index (χ0) is 24.0. The topological polar surface area (TPSA) is 122 Å². The number of aromatic nitrogens is 2. The van der Waals surface area contributed by atoms with Crippen molar-refractivity contribution in [1.29, 1.82) is 0 Å². The number of halogens is 6. The van der Waals surface area contributed by atoms with E-state index in [1.807, 2.05) is 0 Å². The molecule has 3 rings (SSSR count). The van der Waals surface area contributed by atoms with Crippen LogP contribution in [0.5, 0.6) is 11.5 Å². The summed E-state index contributed by atoms with van der Waals surface area (Å²) in [5.41, 5.74) is -6.76. The van der Waals surface area contributed by atoms with Crippen LogP contribution in [0.25, 0.3) is 5.69 Å². The van der Waals surface area contributed by atoms with Gasteiger partial charge in [-0.15, -0.1) is 0 Å². The van der Waals surface area contributed by atoms with Gasteiger partial charge in [-0.3, -0.25) is 14.9 Å². The average Bonchev–Trinajstić information content (AvgIpc) is 2.67. The maximum atomic E-state index is 14.5. The second-order valence-electron chi connectivity index (χ2n) is 6.06. The van der Waals surface area contributed by atoms with E-state index in [1.54, 1.807) is 0 Å². The second kappa shape index (κ2) is 7.96. The SMILES string of the molecule is Nn1c(C(F)(F)F)cc(=O)n(-c2cc(Oc3cc(F)ccc3[N+](=O)[O-])c(Cl)cc2F)c1=O. The van der Waals surface area contributed by atoms with E-state index in [9.17, 15) is 41.7 Å². The smallest absolute Gasteiger partial charge is 0.433 e. The lowest BCUT2D eigenvalue weighted by Gasteiger charge is -2.15. The number of rotatable bonds is 4. The molecule has 0 saturated heterocycles. The van der Waals surface area contributed by atoms with Crippen molar-refractivity contribution in [2.75, 3.05) is 5.84 Å². The molecule has 0 bridgehead atoms. The Morgan fingerprint density at radius 2 is 1.72 bits per heavy atom. The molecule has 3 aromatic rings. The minimum atomic E-state index is -5.16. The van der Waals surface area contributed by atoms with Gasteiger partial charge in [-0.25, -0.2) is 22.8 Å². The summed E-state index contributed by atoms with van der Waals surface area (Å²) in [6.45, 7) is 0. The van der Waals surface area contributed by atoms with Crippen molar-refractivity contribution in [3.05, 3.63) is 89.7 Å². The predicted molar refractivity (Wildman–Crippen MR) is 99.5 cm³/mol. The molecule has 0 atom stereocenters. The summed E-state index contributed by atoms with van der Waals surface area (Å²) in [7, 11) is 0. The van der Waals surface area contributed by atoms with Gasteiger partial charge in [0.05, 0.1) is 15.6 Å². The lowest BCUT2D eigenvalue weighted by atomic mass is 10.2. The van der Waals surface area contributed by atoms with E-state index in [1.165, 1.54) is 0 Å². The van der Waals surface area contributed by atoms with Crippen molar-refractivity contribution in [1.82, 2.24) is 9.24 Å². The van der Waals surface area contributed by atoms with Gasteiger partial charge in [-0.05, 0) is 12.1 Å². The molecular weight excluding hydrogens is 471 g/mol. The molecular formula is C17H8ClF5N4O5. The minimum absolute atomic E-state index is 0.0340. The third-order valence-corrected chi connectivity index (χ3v) is 4.30. The largest absolute Gasteiger partial charge is 0.448 e. The fourth-order valence-corrected chi connectivity index (χ4v) is 2.79. The monoisotopic (exact) mass is 478 g/mol. The predicted octanol–water partition coefficient (Wildman–Crippen LogP) is 3.36. The number of nitro benzene ring substituents is 1. The number of alkyl halides is 3. The van der Waals surface area contributed by atoms with E-state index >= 15 is 0 Å². The summed E-state index contributed by atoms with van der Waals surface area (Å²) in [6.07, 6.45) is -5.16. The van der Waals surface area contributed by atoms with E-state index in [0.29, 0.717) is 18.2 Å². The third-order valence-electron chi connectivity index (χ3n) is 4.01. The molecule has 1 heterocycles. The third kappa shape index (κ3) is 4.12. The zero-order valence-electron chi connectivity index (χ0n) is 15.2. The fraction of sp³-hybridized carbons (Fsp3) is 0.0588. The van der Waals surface area contributed by atoms with Crippen LogP contribution in [0, 0.1) is 21.7 Å². The molecule has 32 heavy (non-hydrogen) atoms. The van der Waals surface area contributed by atoms with Crippen LogP contribution < -0.4 is 21.8 Å². The highest BCUT2D eigenvalue weighted by Gasteiger charge is 2.36. The second-order valence-corrected chi connectivity index (χ2v) is 6.47. The standard InChI is InChI=1S/C17H8ClF5N4O5/c18-8-4-9(20)11(25-15(28)6-14(17(21,22)23)26(24)16(25)29)5-12(8)32-13-3-7(19)1-2-10(13)27(30)31/h1-6H,24H2. The van der Waals surface area contributed by atoms with Crippen molar-refractivity contribution in [3.63, 3.8) is 0 Å². The quantitative estimate of drug-likeness (QED) is 0.265. The molecule has 9 nitrogen and oxygen atoms in total. The van der Waals surface area contributed by atoms with Gasteiger partial charge in [0.1, 0.15) is 17.4 Å². The van der Waals surface area contributed by atoms with Gasteiger partial charge in [0, 0.05) is 24.3 Å². The van der Waals surface area contributed by atoms with Gasteiger partial charge in [0.15, 0.2) is 5.69 Å². The maximum Gasteiger partial charge on any atom is 0.433 e. The van der Waals surface area contributed by atoms with Crippen molar-refractivity contribution in [3.8, 4) is 17.2 Å². The first kappa shape index (κ1) is 22.7. The number of hydrogen-bond donors (Lipinski definition) is 1. The van der Waals surface area contributed by atoms with Crippen LogP contribution in [0.4, 0.5) is 27.6 Å². The summed E-state index contributed by atoms with van der Waals surface area (Å²) in [5.74, 6) is 1.60. The summed E-state index contributed by atoms with van der Waals surface area (Å²) in [4.78, 5) is 34.6. The summed E-state index contributed by atoms with van der Waals surface area (Å²) < 4.78 is 71.5. The lowest BCUT2D eigenvalue weighted by Crippen LogP contribution is -2.45. The van der Waals surface area contributed by atoms with Gasteiger partial charge in [0.25, 0.3) is 5.56 Å². The molecule has 2 N–H and O–H groups in total. The van der Waals surface area contributed by atoms with E-state index in [2.05, 4.69) is 0 Å². The average molecular weight is 479 g/mol. The van der Waals surface area contributed by atoms with Crippen LogP contribution in [-0.4, -0.2) is 14.2 Å². The number of nitro groups is 1. The molecule has 0 fully saturated rings. The first-order valence-electron chi connectivity index (χ1n) is 8.14. The molecule has 15 heteroatoms. The number of benzene rings is 2. The van der Waals surface area contributed by atoms with Gasteiger partial charge < -0.3 is 10.6 Å². The molecule has 0 radical (unpaired) electrons. The normalized spacial score (nSPS) is 11.4. The van der Waals surface area contributed by atoms with E-state index in [4.69, 9.17) is 22.2 Å². The lowest BCUT2D eigenvalue weighted by molar-refractivity contribution is -0.385. The van der Waals surface area contributed by atoms with Crippen molar-refractivity contribution in [2.24, 2.45) is 0 Å². The Balaban J connectivity index is 2.22.